The summed E-state index contributed by atoms with van der Waals surface area (Å²) in [6.07, 6.45) is 4.94. The SMILES string of the molecule is COc1ccc(CNC[C@H]2CCO[C@@H]2c2cn[nH]c2)c(OC)c1. The lowest BCUT2D eigenvalue weighted by atomic mass is 9.97. The molecule has 0 unspecified atom stereocenters. The Morgan fingerprint density at radius 1 is 1.35 bits per heavy atom. The van der Waals surface area contributed by atoms with E-state index >= 15 is 0 Å². The standard InChI is InChI=1S/C17H23N3O3/c1-21-15-4-3-12(16(7-15)22-2)8-18-9-13-5-6-23-17(13)14-10-19-20-11-14/h3-4,7,10-11,13,17-18H,5-6,8-9H2,1-2H3,(H,19,20)/t13-,17+/m1/s1. The molecule has 1 aliphatic rings. The van der Waals surface area contributed by atoms with E-state index < -0.39 is 0 Å². The molecule has 0 aliphatic carbocycles. The first-order valence-electron chi connectivity index (χ1n) is 7.83. The van der Waals surface area contributed by atoms with Gasteiger partial charge < -0.3 is 19.5 Å². The summed E-state index contributed by atoms with van der Waals surface area (Å²) in [5.74, 6) is 2.09. The molecule has 1 fully saturated rings. The van der Waals surface area contributed by atoms with Gasteiger partial charge in [0.15, 0.2) is 0 Å². The second-order valence-corrected chi connectivity index (χ2v) is 5.68. The zero-order valence-electron chi connectivity index (χ0n) is 13.5. The van der Waals surface area contributed by atoms with Crippen LogP contribution >= 0.6 is 0 Å². The molecular formula is C17H23N3O3. The van der Waals surface area contributed by atoms with Crippen molar-refractivity contribution in [2.24, 2.45) is 5.92 Å². The fourth-order valence-electron chi connectivity index (χ4n) is 3.02. The highest BCUT2D eigenvalue weighted by Crippen LogP contribution is 2.33. The number of methoxy groups -OCH3 is 2. The van der Waals surface area contributed by atoms with E-state index in [0.29, 0.717) is 5.92 Å². The van der Waals surface area contributed by atoms with Crippen LogP contribution in [0.25, 0.3) is 0 Å². The van der Waals surface area contributed by atoms with Crippen LogP contribution in [0.15, 0.2) is 30.6 Å². The normalized spacial score (nSPS) is 20.6. The Balaban J connectivity index is 1.57. The number of hydrogen-bond acceptors (Lipinski definition) is 5. The second kappa shape index (κ2) is 7.48. The Kier molecular flexibility index (Phi) is 5.15. The van der Waals surface area contributed by atoms with E-state index in [-0.39, 0.29) is 6.10 Å². The van der Waals surface area contributed by atoms with Gasteiger partial charge in [0.1, 0.15) is 11.5 Å². The number of ether oxygens (including phenoxy) is 3. The van der Waals surface area contributed by atoms with E-state index in [0.717, 1.165) is 48.7 Å². The molecule has 1 aromatic heterocycles. The average molecular weight is 317 g/mol. The minimum absolute atomic E-state index is 0.124. The van der Waals surface area contributed by atoms with Crippen molar-refractivity contribution < 1.29 is 14.2 Å². The first-order chi connectivity index (χ1) is 11.3. The van der Waals surface area contributed by atoms with E-state index in [2.05, 4.69) is 15.5 Å². The molecule has 0 spiro atoms. The highest BCUT2D eigenvalue weighted by atomic mass is 16.5. The zero-order valence-corrected chi connectivity index (χ0v) is 13.5. The van der Waals surface area contributed by atoms with Gasteiger partial charge in [0.05, 0.1) is 26.5 Å². The van der Waals surface area contributed by atoms with Crippen LogP contribution in [0.3, 0.4) is 0 Å². The third kappa shape index (κ3) is 3.65. The monoisotopic (exact) mass is 317 g/mol. The maximum absolute atomic E-state index is 5.85. The molecule has 2 aromatic rings. The molecule has 2 heterocycles. The number of hydrogen-bond donors (Lipinski definition) is 2. The van der Waals surface area contributed by atoms with Gasteiger partial charge >= 0.3 is 0 Å². The maximum Gasteiger partial charge on any atom is 0.127 e. The molecule has 1 aromatic carbocycles. The number of benzene rings is 1. The largest absolute Gasteiger partial charge is 0.497 e. The van der Waals surface area contributed by atoms with Crippen LogP contribution < -0.4 is 14.8 Å². The Hall–Kier alpha value is -2.05. The van der Waals surface area contributed by atoms with Crippen molar-refractivity contribution in [1.29, 1.82) is 0 Å². The molecule has 0 saturated carbocycles. The topological polar surface area (TPSA) is 68.4 Å². The minimum Gasteiger partial charge on any atom is -0.497 e. The molecule has 1 saturated heterocycles. The summed E-state index contributed by atoms with van der Waals surface area (Å²) >= 11 is 0. The lowest BCUT2D eigenvalue weighted by molar-refractivity contribution is 0.0904. The number of H-pyrrole nitrogens is 1. The van der Waals surface area contributed by atoms with Gasteiger partial charge in [-0.3, -0.25) is 5.10 Å². The highest BCUT2D eigenvalue weighted by Gasteiger charge is 2.29. The fourth-order valence-corrected chi connectivity index (χ4v) is 3.02. The predicted octanol–water partition coefficient (Wildman–Crippen LogP) is 2.29. The molecular weight excluding hydrogens is 294 g/mol. The Bertz CT molecular complexity index is 616. The summed E-state index contributed by atoms with van der Waals surface area (Å²) in [6.45, 7) is 2.45. The van der Waals surface area contributed by atoms with Crippen molar-refractivity contribution >= 4 is 0 Å². The van der Waals surface area contributed by atoms with E-state index in [1.54, 1.807) is 14.2 Å². The van der Waals surface area contributed by atoms with Gasteiger partial charge in [-0.1, -0.05) is 6.07 Å². The molecule has 2 atom stereocenters. The predicted molar refractivity (Wildman–Crippen MR) is 86.6 cm³/mol. The minimum atomic E-state index is 0.124. The Labute approximate surface area is 136 Å². The van der Waals surface area contributed by atoms with Crippen LogP contribution in [0, 0.1) is 5.92 Å². The van der Waals surface area contributed by atoms with E-state index in [4.69, 9.17) is 14.2 Å². The van der Waals surface area contributed by atoms with Gasteiger partial charge in [-0.15, -0.1) is 0 Å². The highest BCUT2D eigenvalue weighted by molar-refractivity contribution is 5.40. The lowest BCUT2D eigenvalue weighted by Crippen LogP contribution is -2.24. The Morgan fingerprint density at radius 3 is 3.00 bits per heavy atom. The number of nitrogens with one attached hydrogen (secondary N) is 2. The van der Waals surface area contributed by atoms with Gasteiger partial charge in [-0.25, -0.2) is 0 Å². The zero-order chi connectivity index (χ0) is 16.1. The van der Waals surface area contributed by atoms with Gasteiger partial charge in [0.25, 0.3) is 0 Å². The molecule has 6 heteroatoms. The second-order valence-electron chi connectivity index (χ2n) is 5.68. The molecule has 2 N–H and O–H groups in total. The number of rotatable bonds is 7. The van der Waals surface area contributed by atoms with E-state index in [9.17, 15) is 0 Å². The maximum atomic E-state index is 5.85. The fraction of sp³-hybridized carbons (Fsp3) is 0.471. The number of aromatic nitrogens is 2. The average Bonchev–Trinajstić information content (AvgIpc) is 3.26. The molecule has 1 aliphatic heterocycles. The number of nitrogens with zero attached hydrogens (tertiary/aromatic N) is 1. The van der Waals surface area contributed by atoms with E-state index in [1.165, 1.54) is 0 Å². The van der Waals surface area contributed by atoms with Crippen molar-refractivity contribution in [2.75, 3.05) is 27.4 Å². The summed E-state index contributed by atoms with van der Waals surface area (Å²) < 4.78 is 16.5. The summed E-state index contributed by atoms with van der Waals surface area (Å²) in [7, 11) is 3.33. The van der Waals surface area contributed by atoms with Crippen LogP contribution in [0.1, 0.15) is 23.7 Å². The van der Waals surface area contributed by atoms with Crippen LogP contribution in [-0.2, 0) is 11.3 Å². The molecule has 6 nitrogen and oxygen atoms in total. The number of aromatic amines is 1. The van der Waals surface area contributed by atoms with Gasteiger partial charge in [0.2, 0.25) is 0 Å². The van der Waals surface area contributed by atoms with Crippen LogP contribution in [0.4, 0.5) is 0 Å². The molecule has 0 radical (unpaired) electrons. The first-order valence-corrected chi connectivity index (χ1v) is 7.83. The van der Waals surface area contributed by atoms with Crippen LogP contribution in [0.2, 0.25) is 0 Å². The molecule has 3 rings (SSSR count). The third-order valence-electron chi connectivity index (χ3n) is 4.28. The summed E-state index contributed by atoms with van der Waals surface area (Å²) in [6, 6.07) is 5.89. The summed E-state index contributed by atoms with van der Waals surface area (Å²) in [5.41, 5.74) is 2.24. The quantitative estimate of drug-likeness (QED) is 0.820. The summed E-state index contributed by atoms with van der Waals surface area (Å²) in [4.78, 5) is 0. The molecule has 0 amide bonds. The third-order valence-corrected chi connectivity index (χ3v) is 4.28. The molecule has 0 bridgehead atoms. The summed E-state index contributed by atoms with van der Waals surface area (Å²) in [5, 5.41) is 10.4. The van der Waals surface area contributed by atoms with Gasteiger partial charge in [-0.2, -0.15) is 5.10 Å². The van der Waals surface area contributed by atoms with Gasteiger partial charge in [-0.05, 0) is 12.5 Å². The van der Waals surface area contributed by atoms with Crippen LogP contribution in [-0.4, -0.2) is 37.6 Å². The van der Waals surface area contributed by atoms with Gasteiger partial charge in [0, 0.05) is 49.0 Å². The first kappa shape index (κ1) is 15.8. The van der Waals surface area contributed by atoms with Crippen molar-refractivity contribution in [3.8, 4) is 11.5 Å². The Morgan fingerprint density at radius 2 is 2.26 bits per heavy atom. The molecule has 23 heavy (non-hydrogen) atoms. The van der Waals surface area contributed by atoms with Crippen molar-refractivity contribution in [1.82, 2.24) is 15.5 Å². The van der Waals surface area contributed by atoms with Crippen molar-refractivity contribution in [3.63, 3.8) is 0 Å². The van der Waals surface area contributed by atoms with E-state index in [1.807, 2.05) is 30.6 Å². The van der Waals surface area contributed by atoms with Crippen molar-refractivity contribution in [3.05, 3.63) is 41.7 Å². The lowest BCUT2D eigenvalue weighted by Gasteiger charge is -2.18. The van der Waals surface area contributed by atoms with Crippen molar-refractivity contribution in [2.45, 2.75) is 19.1 Å². The smallest absolute Gasteiger partial charge is 0.127 e. The molecule has 124 valence electrons. The van der Waals surface area contributed by atoms with Crippen LogP contribution in [0.5, 0.6) is 11.5 Å².